The Labute approximate surface area is 142 Å². The van der Waals surface area contributed by atoms with Gasteiger partial charge in [-0.2, -0.15) is 4.39 Å². The van der Waals surface area contributed by atoms with E-state index < -0.39 is 22.3 Å². The van der Waals surface area contributed by atoms with Crippen molar-refractivity contribution in [3.05, 3.63) is 64.0 Å². The van der Waals surface area contributed by atoms with Crippen LogP contribution < -0.4 is 14.8 Å². The van der Waals surface area contributed by atoms with Gasteiger partial charge in [-0.15, -0.1) is 0 Å². The van der Waals surface area contributed by atoms with Gasteiger partial charge in [0.05, 0.1) is 19.1 Å². The lowest BCUT2D eigenvalue weighted by Crippen LogP contribution is -2.08. The lowest BCUT2D eigenvalue weighted by atomic mass is 10.1. The average Bonchev–Trinajstić information content (AvgIpc) is 2.59. The molecular weight excluding hydrogens is 331 g/mol. The number of methoxy groups -OCH3 is 2. The van der Waals surface area contributed by atoms with E-state index in [1.54, 1.807) is 18.2 Å². The number of benzene rings is 2. The maximum absolute atomic E-state index is 13.5. The van der Waals surface area contributed by atoms with Gasteiger partial charge in [0.15, 0.2) is 0 Å². The van der Waals surface area contributed by atoms with Gasteiger partial charge in [-0.25, -0.2) is 0 Å². The lowest BCUT2D eigenvalue weighted by Gasteiger charge is -2.07. The van der Waals surface area contributed by atoms with Crippen LogP contribution >= 0.6 is 0 Å². The Bertz CT molecular complexity index is 836. The Hall–Kier alpha value is -3.42. The molecule has 2 aromatic rings. The Balaban J connectivity index is 2.13. The molecule has 0 saturated heterocycles. The zero-order valence-corrected chi connectivity index (χ0v) is 13.5. The number of ether oxygens (including phenoxy) is 2. The number of hydrogen-bond acceptors (Lipinski definition) is 5. The van der Waals surface area contributed by atoms with Gasteiger partial charge in [0.2, 0.25) is 11.7 Å². The molecule has 0 atom stereocenters. The Kier molecular flexibility index (Phi) is 5.67. The summed E-state index contributed by atoms with van der Waals surface area (Å²) in [6.07, 6.45) is 2.75. The molecule has 0 bridgehead atoms. The van der Waals surface area contributed by atoms with E-state index in [2.05, 4.69) is 5.32 Å². The third-order valence-corrected chi connectivity index (χ3v) is 3.26. The predicted octanol–water partition coefficient (Wildman–Crippen LogP) is 3.40. The number of amides is 1. The molecule has 7 nitrogen and oxygen atoms in total. The van der Waals surface area contributed by atoms with Crippen LogP contribution in [0.2, 0.25) is 0 Å². The molecule has 0 aliphatic carbocycles. The van der Waals surface area contributed by atoms with E-state index in [9.17, 15) is 19.3 Å². The molecule has 0 saturated carbocycles. The second kappa shape index (κ2) is 7.91. The molecule has 0 aromatic heterocycles. The molecule has 25 heavy (non-hydrogen) atoms. The zero-order chi connectivity index (χ0) is 18.4. The second-order valence-electron chi connectivity index (χ2n) is 4.85. The van der Waals surface area contributed by atoms with Crippen LogP contribution in [0.5, 0.6) is 11.5 Å². The molecule has 2 aromatic carbocycles. The summed E-state index contributed by atoms with van der Waals surface area (Å²) >= 11 is 0. The van der Waals surface area contributed by atoms with Crippen LogP contribution in [0.4, 0.5) is 15.8 Å². The van der Waals surface area contributed by atoms with Crippen LogP contribution in [-0.2, 0) is 4.79 Å². The first-order valence-electron chi connectivity index (χ1n) is 7.09. The molecule has 0 heterocycles. The fourth-order valence-corrected chi connectivity index (χ4v) is 2.05. The minimum absolute atomic E-state index is 0.107. The summed E-state index contributed by atoms with van der Waals surface area (Å²) in [5.41, 5.74) is 0.0666. The molecule has 8 heteroatoms. The van der Waals surface area contributed by atoms with Crippen molar-refractivity contribution in [2.24, 2.45) is 0 Å². The molecule has 1 amide bonds. The van der Waals surface area contributed by atoms with Crippen LogP contribution in [-0.4, -0.2) is 25.1 Å². The van der Waals surface area contributed by atoms with Gasteiger partial charge in [0.25, 0.3) is 0 Å². The number of nitrogens with zero attached hydrogens (tertiary/aromatic N) is 1. The van der Waals surface area contributed by atoms with Gasteiger partial charge >= 0.3 is 5.69 Å². The number of rotatable bonds is 6. The van der Waals surface area contributed by atoms with Gasteiger partial charge < -0.3 is 14.8 Å². The number of anilines is 1. The number of nitrogens with one attached hydrogen (secondary N) is 1. The van der Waals surface area contributed by atoms with Crippen molar-refractivity contribution < 1.29 is 23.6 Å². The summed E-state index contributed by atoms with van der Waals surface area (Å²) < 4.78 is 23.9. The van der Waals surface area contributed by atoms with E-state index in [-0.39, 0.29) is 5.69 Å². The fraction of sp³-hybridized carbons (Fsp3) is 0.118. The summed E-state index contributed by atoms with van der Waals surface area (Å²) in [5.74, 6) is -0.413. The van der Waals surface area contributed by atoms with Crippen LogP contribution in [0.3, 0.4) is 0 Å². The van der Waals surface area contributed by atoms with E-state index >= 15 is 0 Å². The number of hydrogen-bond donors (Lipinski definition) is 1. The highest BCUT2D eigenvalue weighted by Crippen LogP contribution is 2.25. The third kappa shape index (κ3) is 4.54. The van der Waals surface area contributed by atoms with Crippen molar-refractivity contribution in [1.82, 2.24) is 0 Å². The van der Waals surface area contributed by atoms with Crippen molar-refractivity contribution in [2.75, 3.05) is 19.5 Å². The summed E-state index contributed by atoms with van der Waals surface area (Å²) in [7, 11) is 3.02. The average molecular weight is 346 g/mol. The molecule has 1 N–H and O–H groups in total. The van der Waals surface area contributed by atoms with Gasteiger partial charge in [0, 0.05) is 29.5 Å². The topological polar surface area (TPSA) is 90.7 Å². The minimum Gasteiger partial charge on any atom is -0.497 e. The van der Waals surface area contributed by atoms with Gasteiger partial charge in [-0.1, -0.05) is 0 Å². The van der Waals surface area contributed by atoms with E-state index in [0.29, 0.717) is 17.1 Å². The third-order valence-electron chi connectivity index (χ3n) is 3.26. The standard InChI is InChI=1S/C17H15FN2O5/c1-24-13-5-7-16(25-2)11(9-13)3-8-17(21)19-12-4-6-15(20(22)23)14(18)10-12/h3-10H,1-2H3,(H,19,21)/b8-3+. The highest BCUT2D eigenvalue weighted by molar-refractivity contribution is 6.02. The first-order valence-corrected chi connectivity index (χ1v) is 7.09. The maximum Gasteiger partial charge on any atom is 0.304 e. The molecule has 2 rings (SSSR count). The lowest BCUT2D eigenvalue weighted by molar-refractivity contribution is -0.387. The maximum atomic E-state index is 13.5. The van der Waals surface area contributed by atoms with Gasteiger partial charge in [0.1, 0.15) is 11.5 Å². The molecule has 0 radical (unpaired) electrons. The molecule has 0 fully saturated rings. The van der Waals surface area contributed by atoms with E-state index in [1.165, 1.54) is 32.4 Å². The van der Waals surface area contributed by atoms with Crippen LogP contribution in [0.25, 0.3) is 6.08 Å². The molecule has 130 valence electrons. The SMILES string of the molecule is COc1ccc(OC)c(/C=C/C(=O)Nc2ccc([N+](=O)[O-])c(F)c2)c1. The highest BCUT2D eigenvalue weighted by Gasteiger charge is 2.14. The van der Waals surface area contributed by atoms with E-state index in [4.69, 9.17) is 9.47 Å². The van der Waals surface area contributed by atoms with Crippen molar-refractivity contribution >= 4 is 23.4 Å². The summed E-state index contributed by atoms with van der Waals surface area (Å²) in [4.78, 5) is 21.7. The molecule has 0 unspecified atom stereocenters. The fourth-order valence-electron chi connectivity index (χ4n) is 2.05. The van der Waals surface area contributed by atoms with Crippen LogP contribution in [0, 0.1) is 15.9 Å². The van der Waals surface area contributed by atoms with Crippen LogP contribution in [0.1, 0.15) is 5.56 Å². The van der Waals surface area contributed by atoms with E-state index in [1.807, 2.05) is 0 Å². The number of carbonyl (C=O) groups excluding carboxylic acids is 1. The molecular formula is C17H15FN2O5. The first-order chi connectivity index (χ1) is 11.9. The highest BCUT2D eigenvalue weighted by atomic mass is 19.1. The number of carbonyl (C=O) groups is 1. The normalized spacial score (nSPS) is 10.5. The monoisotopic (exact) mass is 346 g/mol. The number of nitro groups is 1. The smallest absolute Gasteiger partial charge is 0.304 e. The largest absolute Gasteiger partial charge is 0.497 e. The van der Waals surface area contributed by atoms with Gasteiger partial charge in [-0.3, -0.25) is 14.9 Å². The minimum atomic E-state index is -1.03. The summed E-state index contributed by atoms with van der Waals surface area (Å²) in [6.45, 7) is 0. The Morgan fingerprint density at radius 2 is 1.96 bits per heavy atom. The number of nitro benzene ring substituents is 1. The summed E-state index contributed by atoms with van der Waals surface area (Å²) in [6, 6.07) is 8.22. The van der Waals surface area contributed by atoms with E-state index in [0.717, 1.165) is 12.1 Å². The second-order valence-corrected chi connectivity index (χ2v) is 4.85. The zero-order valence-electron chi connectivity index (χ0n) is 13.5. The molecule has 0 aliphatic rings. The summed E-state index contributed by atoms with van der Waals surface area (Å²) in [5, 5.41) is 13.0. The predicted molar refractivity (Wildman–Crippen MR) is 90.3 cm³/mol. The van der Waals surface area contributed by atoms with Crippen molar-refractivity contribution in [2.45, 2.75) is 0 Å². The van der Waals surface area contributed by atoms with Crippen molar-refractivity contribution in [3.8, 4) is 11.5 Å². The van der Waals surface area contributed by atoms with Crippen molar-refractivity contribution in [1.29, 1.82) is 0 Å². The molecule has 0 aliphatic heterocycles. The molecule has 0 spiro atoms. The Morgan fingerprint density at radius 1 is 1.20 bits per heavy atom. The van der Waals surface area contributed by atoms with Crippen LogP contribution in [0.15, 0.2) is 42.5 Å². The first kappa shape index (κ1) is 17.9. The van der Waals surface area contributed by atoms with Gasteiger partial charge in [-0.05, 0) is 30.3 Å². The Morgan fingerprint density at radius 3 is 2.56 bits per heavy atom. The quantitative estimate of drug-likeness (QED) is 0.492. The van der Waals surface area contributed by atoms with Crippen molar-refractivity contribution in [3.63, 3.8) is 0 Å². The number of halogens is 1.